The SMILES string of the molecule is CN(C(=O)c1nn(C)c(=O)c2ccccc12)C1CCCc2ccccc21. The van der Waals surface area contributed by atoms with Crippen molar-refractivity contribution in [3.05, 3.63) is 75.7 Å². The number of aromatic nitrogens is 2. The third-order valence-electron chi connectivity index (χ3n) is 5.28. The van der Waals surface area contributed by atoms with Crippen LogP contribution in [0.1, 0.15) is 40.5 Å². The Morgan fingerprint density at radius 1 is 1.12 bits per heavy atom. The minimum absolute atomic E-state index is 0.0326. The van der Waals surface area contributed by atoms with Crippen LogP contribution in [0.15, 0.2) is 53.3 Å². The largest absolute Gasteiger partial charge is 0.333 e. The molecule has 1 aliphatic rings. The Morgan fingerprint density at radius 3 is 2.62 bits per heavy atom. The number of carbonyl (C=O) groups is 1. The van der Waals surface area contributed by atoms with Gasteiger partial charge in [-0.05, 0) is 36.5 Å². The van der Waals surface area contributed by atoms with Crippen molar-refractivity contribution in [1.29, 1.82) is 0 Å². The molecule has 1 aromatic heterocycles. The molecule has 1 atom stereocenters. The Kier molecular flexibility index (Phi) is 4.07. The second-order valence-electron chi connectivity index (χ2n) is 6.85. The highest BCUT2D eigenvalue weighted by atomic mass is 16.2. The van der Waals surface area contributed by atoms with Crippen molar-refractivity contribution in [2.24, 2.45) is 7.05 Å². The second kappa shape index (κ2) is 6.41. The lowest BCUT2D eigenvalue weighted by Gasteiger charge is -2.33. The van der Waals surface area contributed by atoms with E-state index in [1.54, 1.807) is 30.1 Å². The summed E-state index contributed by atoms with van der Waals surface area (Å²) < 4.78 is 1.25. The van der Waals surface area contributed by atoms with Crippen LogP contribution in [0.25, 0.3) is 10.8 Å². The van der Waals surface area contributed by atoms with Crippen LogP contribution in [-0.4, -0.2) is 27.6 Å². The smallest absolute Gasteiger partial charge is 0.275 e. The van der Waals surface area contributed by atoms with Crippen molar-refractivity contribution in [2.75, 3.05) is 7.05 Å². The number of aryl methyl sites for hydroxylation is 2. The summed E-state index contributed by atoms with van der Waals surface area (Å²) in [4.78, 5) is 27.4. The van der Waals surface area contributed by atoms with Crippen molar-refractivity contribution in [3.8, 4) is 0 Å². The zero-order valence-corrected chi connectivity index (χ0v) is 15.0. The van der Waals surface area contributed by atoms with Gasteiger partial charge in [0, 0.05) is 19.5 Å². The summed E-state index contributed by atoms with van der Waals surface area (Å²) in [5.74, 6) is -0.154. The van der Waals surface area contributed by atoms with Gasteiger partial charge < -0.3 is 4.90 Å². The predicted molar refractivity (Wildman–Crippen MR) is 101 cm³/mol. The molecule has 0 saturated carbocycles. The van der Waals surface area contributed by atoms with Gasteiger partial charge in [-0.3, -0.25) is 9.59 Å². The first-order valence-electron chi connectivity index (χ1n) is 8.89. The average Bonchev–Trinajstić information content (AvgIpc) is 2.69. The van der Waals surface area contributed by atoms with Crippen molar-refractivity contribution in [2.45, 2.75) is 25.3 Å². The fraction of sp³-hybridized carbons (Fsp3) is 0.286. The van der Waals surface area contributed by atoms with E-state index >= 15 is 0 Å². The lowest BCUT2D eigenvalue weighted by Crippen LogP contribution is -2.35. The lowest BCUT2D eigenvalue weighted by molar-refractivity contribution is 0.0709. The van der Waals surface area contributed by atoms with Crippen LogP contribution in [0.5, 0.6) is 0 Å². The molecule has 4 rings (SSSR count). The highest BCUT2D eigenvalue weighted by molar-refractivity contribution is 6.04. The molecule has 5 nitrogen and oxygen atoms in total. The molecule has 5 heteroatoms. The van der Waals surface area contributed by atoms with E-state index in [1.807, 2.05) is 25.2 Å². The number of rotatable bonds is 2. The molecule has 0 radical (unpaired) electrons. The van der Waals surface area contributed by atoms with Gasteiger partial charge in [-0.15, -0.1) is 0 Å². The first kappa shape index (κ1) is 16.5. The van der Waals surface area contributed by atoms with Gasteiger partial charge in [0.1, 0.15) is 0 Å². The quantitative estimate of drug-likeness (QED) is 0.716. The molecule has 1 aliphatic carbocycles. The Morgan fingerprint density at radius 2 is 1.81 bits per heavy atom. The summed E-state index contributed by atoms with van der Waals surface area (Å²) >= 11 is 0. The minimum atomic E-state index is -0.192. The summed E-state index contributed by atoms with van der Waals surface area (Å²) in [6.45, 7) is 0. The summed E-state index contributed by atoms with van der Waals surface area (Å²) in [6, 6.07) is 15.5. The molecule has 1 amide bonds. The third kappa shape index (κ3) is 2.60. The monoisotopic (exact) mass is 347 g/mol. The fourth-order valence-electron chi connectivity index (χ4n) is 3.90. The van der Waals surface area contributed by atoms with E-state index in [1.165, 1.54) is 15.8 Å². The number of amides is 1. The van der Waals surface area contributed by atoms with E-state index in [9.17, 15) is 9.59 Å². The Bertz CT molecular complexity index is 1050. The van der Waals surface area contributed by atoms with Crippen LogP contribution in [0.4, 0.5) is 0 Å². The van der Waals surface area contributed by atoms with Crippen LogP contribution >= 0.6 is 0 Å². The average molecular weight is 347 g/mol. The van der Waals surface area contributed by atoms with Crippen molar-refractivity contribution >= 4 is 16.7 Å². The van der Waals surface area contributed by atoms with Gasteiger partial charge in [0.25, 0.3) is 11.5 Å². The molecular weight excluding hydrogens is 326 g/mol. The van der Waals surface area contributed by atoms with Gasteiger partial charge in [-0.25, -0.2) is 4.68 Å². The van der Waals surface area contributed by atoms with E-state index in [0.29, 0.717) is 16.5 Å². The Labute approximate surface area is 151 Å². The van der Waals surface area contributed by atoms with Crippen molar-refractivity contribution < 1.29 is 4.79 Å². The normalized spacial score (nSPS) is 16.3. The summed E-state index contributed by atoms with van der Waals surface area (Å²) in [5.41, 5.74) is 2.65. The minimum Gasteiger partial charge on any atom is -0.333 e. The highest BCUT2D eigenvalue weighted by Gasteiger charge is 2.29. The van der Waals surface area contributed by atoms with Crippen LogP contribution in [0.2, 0.25) is 0 Å². The summed E-state index contributed by atoms with van der Waals surface area (Å²) in [7, 11) is 3.41. The first-order valence-corrected chi connectivity index (χ1v) is 8.89. The Balaban J connectivity index is 1.79. The lowest BCUT2D eigenvalue weighted by atomic mass is 9.87. The van der Waals surface area contributed by atoms with Crippen LogP contribution in [-0.2, 0) is 13.5 Å². The van der Waals surface area contributed by atoms with E-state index in [-0.39, 0.29) is 17.5 Å². The Hall–Kier alpha value is -2.95. The number of hydrogen-bond donors (Lipinski definition) is 0. The van der Waals surface area contributed by atoms with E-state index in [0.717, 1.165) is 19.3 Å². The number of hydrogen-bond acceptors (Lipinski definition) is 3. The number of fused-ring (bicyclic) bond motifs is 2. The molecule has 2 aromatic carbocycles. The standard InChI is InChI=1S/C21H21N3O2/c1-23(18-13-7-9-14-8-3-4-10-15(14)18)21(26)19-16-11-5-6-12-17(16)20(25)24(2)22-19/h3-6,8,10-12,18H,7,9,13H2,1-2H3. The van der Waals surface area contributed by atoms with E-state index in [2.05, 4.69) is 17.2 Å². The zero-order chi connectivity index (χ0) is 18.3. The number of benzene rings is 2. The van der Waals surface area contributed by atoms with Crippen molar-refractivity contribution in [1.82, 2.24) is 14.7 Å². The van der Waals surface area contributed by atoms with Gasteiger partial charge in [-0.2, -0.15) is 5.10 Å². The van der Waals surface area contributed by atoms with Gasteiger partial charge in [0.2, 0.25) is 0 Å². The van der Waals surface area contributed by atoms with Crippen LogP contribution in [0, 0.1) is 0 Å². The molecular formula is C21H21N3O2. The fourth-order valence-corrected chi connectivity index (χ4v) is 3.90. The first-order chi connectivity index (χ1) is 12.6. The molecule has 0 saturated heterocycles. The van der Waals surface area contributed by atoms with Crippen LogP contribution < -0.4 is 5.56 Å². The third-order valence-corrected chi connectivity index (χ3v) is 5.28. The van der Waals surface area contributed by atoms with Crippen molar-refractivity contribution in [3.63, 3.8) is 0 Å². The predicted octanol–water partition coefficient (Wildman–Crippen LogP) is 3.08. The molecule has 0 bridgehead atoms. The molecule has 0 spiro atoms. The number of nitrogens with zero attached hydrogens (tertiary/aromatic N) is 3. The van der Waals surface area contributed by atoms with Gasteiger partial charge in [-0.1, -0.05) is 42.5 Å². The maximum atomic E-state index is 13.3. The molecule has 132 valence electrons. The molecule has 0 N–H and O–H groups in total. The molecule has 1 heterocycles. The van der Waals surface area contributed by atoms with E-state index in [4.69, 9.17) is 0 Å². The van der Waals surface area contributed by atoms with Crippen LogP contribution in [0.3, 0.4) is 0 Å². The maximum Gasteiger partial charge on any atom is 0.275 e. The molecule has 0 fully saturated rings. The zero-order valence-electron chi connectivity index (χ0n) is 15.0. The van der Waals surface area contributed by atoms with E-state index < -0.39 is 0 Å². The molecule has 26 heavy (non-hydrogen) atoms. The molecule has 3 aromatic rings. The summed E-state index contributed by atoms with van der Waals surface area (Å²) in [6.07, 6.45) is 3.04. The van der Waals surface area contributed by atoms with Gasteiger partial charge in [0.15, 0.2) is 5.69 Å². The maximum absolute atomic E-state index is 13.3. The molecule has 0 aliphatic heterocycles. The molecule has 1 unspecified atom stereocenters. The van der Waals surface area contributed by atoms with Gasteiger partial charge >= 0.3 is 0 Å². The number of carbonyl (C=O) groups excluding carboxylic acids is 1. The second-order valence-corrected chi connectivity index (χ2v) is 6.85. The van der Waals surface area contributed by atoms with Gasteiger partial charge in [0.05, 0.1) is 11.4 Å². The summed E-state index contributed by atoms with van der Waals surface area (Å²) in [5, 5.41) is 5.41. The topological polar surface area (TPSA) is 55.2 Å². The highest BCUT2D eigenvalue weighted by Crippen LogP contribution is 2.34.